The largest absolute Gasteiger partial charge is 0 e. The van der Waals surface area contributed by atoms with Crippen molar-refractivity contribution in [1.82, 2.24) is 15.0 Å². The summed E-state index contributed by atoms with van der Waals surface area (Å²) < 4.78 is 85.2. The topological polar surface area (TPSA) is 75.6 Å². The second kappa shape index (κ2) is 16.1. The molecule has 0 unspecified atom stereocenters. The average molecular weight is 957 g/mol. The molecule has 4 aromatic heterocycles. The first-order chi connectivity index (χ1) is 29.0. The van der Waals surface area contributed by atoms with E-state index in [0.29, 0.717) is 29.2 Å². The number of nitrogens with zero attached hydrogens (tertiary/aromatic N) is 4. The second-order valence-electron chi connectivity index (χ2n) is 15.3. The minimum atomic E-state index is -2.80. The van der Waals surface area contributed by atoms with Gasteiger partial charge in [-0.05, 0) is 96.3 Å². The molecule has 1 radical (unpaired) electrons. The van der Waals surface area contributed by atoms with E-state index in [2.05, 4.69) is 70.3 Å². The Bertz CT molecular complexity index is 2840. The number of aromatic nitrogens is 3. The Morgan fingerprint density at radius 2 is 1.70 bits per heavy atom. The molecule has 0 atom stereocenters. The van der Waals surface area contributed by atoms with Gasteiger partial charge in [-0.25, -0.2) is 4.98 Å². The molecular weight excluding hydrogens is 901 g/mol. The zero-order chi connectivity index (χ0) is 45.0. The maximum Gasteiger partial charge on any atom is 0 e. The number of hydrogen-bond donors (Lipinski definition) is 0. The maximum atomic E-state index is 9.31. The van der Waals surface area contributed by atoms with Gasteiger partial charge in [0, 0.05) is 41.3 Å². The molecule has 0 aliphatic heterocycles. The average Bonchev–Trinajstić information content (AvgIpc) is 3.60. The first kappa shape index (κ1) is 29.0. The van der Waals surface area contributed by atoms with Crippen LogP contribution in [-0.2, 0) is 20.1 Å². The summed E-state index contributed by atoms with van der Waals surface area (Å²) >= 11 is -1.72. The van der Waals surface area contributed by atoms with Crippen LogP contribution >= 0.6 is 0 Å². The van der Waals surface area contributed by atoms with Crippen molar-refractivity contribution in [2.45, 2.75) is 76.4 Å². The van der Waals surface area contributed by atoms with Crippen molar-refractivity contribution in [3.05, 3.63) is 132 Å². The summed E-state index contributed by atoms with van der Waals surface area (Å²) in [5, 5.41) is 10.5. The Balaban J connectivity index is 0.000000327. The van der Waals surface area contributed by atoms with Gasteiger partial charge >= 0.3 is 99.8 Å². The fraction of sp³-hybridized carbons (Fsp3) is 0.277. The van der Waals surface area contributed by atoms with E-state index in [0.717, 1.165) is 30.3 Å². The van der Waals surface area contributed by atoms with E-state index < -0.39 is 38.9 Å². The van der Waals surface area contributed by atoms with Gasteiger partial charge in [0.05, 0.1) is 8.32 Å². The van der Waals surface area contributed by atoms with Gasteiger partial charge in [0.2, 0.25) is 5.71 Å². The van der Waals surface area contributed by atoms with Crippen molar-refractivity contribution in [2.75, 3.05) is 0 Å². The summed E-state index contributed by atoms with van der Waals surface area (Å²) in [4.78, 5) is 13.1. The first-order valence-corrected chi connectivity index (χ1v) is 25.1. The number of nitriles is 1. The van der Waals surface area contributed by atoms with Crippen LogP contribution in [0.1, 0.15) is 80.1 Å². The molecule has 0 N–H and O–H groups in total. The van der Waals surface area contributed by atoms with E-state index in [9.17, 15) is 8.00 Å². The Kier molecular flexibility index (Phi) is 8.65. The SMILES string of the molecule is [2H]c1cc(C2([2H])CCC(C)(C)CC2)cc(C([2H])([2H])[2H])c1-c1c(C([2H])([2H])[2H])cnc(-c2[c-]ccc3c2oc2nc(C#N)ccc23)c1[2H].[CH3][Ge]([CH3])([CH3])[c]1ccc(-c2[c-]cccc2)nc1.[Ir]. The predicted octanol–water partition coefficient (Wildman–Crippen LogP) is 11.8. The van der Waals surface area contributed by atoms with Crippen molar-refractivity contribution in [1.29, 1.82) is 5.26 Å². The van der Waals surface area contributed by atoms with E-state index in [4.69, 9.17) is 14.0 Å². The van der Waals surface area contributed by atoms with Crippen LogP contribution in [0, 0.1) is 42.6 Å². The van der Waals surface area contributed by atoms with Crippen molar-refractivity contribution >= 4 is 39.7 Å². The summed E-state index contributed by atoms with van der Waals surface area (Å²) in [5.74, 6) is 6.04. The van der Waals surface area contributed by atoms with E-state index in [-0.39, 0.29) is 82.1 Å². The molecule has 0 amide bonds. The van der Waals surface area contributed by atoms with Crippen LogP contribution in [0.15, 0.2) is 102 Å². The maximum absolute atomic E-state index is 9.31. The van der Waals surface area contributed by atoms with Crippen molar-refractivity contribution in [3.63, 3.8) is 0 Å². The molecule has 4 heterocycles. The summed E-state index contributed by atoms with van der Waals surface area (Å²) in [6.45, 7) is -1.32. The molecule has 0 spiro atoms. The number of pyridine rings is 3. The molecule has 8 rings (SSSR count). The number of aryl methyl sites for hydroxylation is 2. The molecule has 7 aromatic rings. The van der Waals surface area contributed by atoms with Gasteiger partial charge in [-0.1, -0.05) is 49.0 Å². The molecular formula is C47H46GeIrN4O-2. The molecule has 5 nitrogen and oxygen atoms in total. The number of furan rings is 1. The molecule has 0 bridgehead atoms. The molecule has 3 aromatic carbocycles. The third kappa shape index (κ3) is 8.45. The molecule has 275 valence electrons. The molecule has 1 saturated carbocycles. The summed E-state index contributed by atoms with van der Waals surface area (Å²) in [7, 11) is 0. The third-order valence-electron chi connectivity index (χ3n) is 9.91. The predicted molar refractivity (Wildman–Crippen MR) is 220 cm³/mol. The van der Waals surface area contributed by atoms with Gasteiger partial charge in [-0.2, -0.15) is 5.26 Å². The monoisotopic (exact) mass is 958 g/mol. The van der Waals surface area contributed by atoms with Crippen molar-refractivity contribution in [3.8, 4) is 39.7 Å². The Morgan fingerprint density at radius 1 is 0.907 bits per heavy atom. The fourth-order valence-corrected chi connectivity index (χ4v) is 8.74. The normalized spacial score (nSPS) is 17.7. The summed E-state index contributed by atoms with van der Waals surface area (Å²) in [6.07, 6.45) is 5.63. The van der Waals surface area contributed by atoms with E-state index in [1.807, 2.05) is 36.5 Å². The van der Waals surface area contributed by atoms with Crippen molar-refractivity contribution < 1.29 is 36.9 Å². The Morgan fingerprint density at radius 3 is 2.39 bits per heavy atom. The van der Waals surface area contributed by atoms with Gasteiger partial charge in [-0.15, -0.1) is 18.2 Å². The van der Waals surface area contributed by atoms with Gasteiger partial charge in [0.1, 0.15) is 11.8 Å². The van der Waals surface area contributed by atoms with E-state index >= 15 is 0 Å². The summed E-state index contributed by atoms with van der Waals surface area (Å²) in [6, 6.07) is 29.2. The van der Waals surface area contributed by atoms with Crippen LogP contribution in [-0.4, -0.2) is 28.2 Å². The Labute approximate surface area is 348 Å². The van der Waals surface area contributed by atoms with Crippen molar-refractivity contribution in [2.24, 2.45) is 5.41 Å². The number of hydrogen-bond acceptors (Lipinski definition) is 5. The Hall–Kier alpha value is -4.41. The van der Waals surface area contributed by atoms with Crippen LogP contribution in [0.3, 0.4) is 0 Å². The first-order valence-electron chi connectivity index (χ1n) is 22.2. The van der Waals surface area contributed by atoms with Crippen LogP contribution in [0.2, 0.25) is 17.3 Å². The zero-order valence-electron chi connectivity index (χ0n) is 39.9. The molecule has 1 aliphatic rings. The van der Waals surface area contributed by atoms with Crippen LogP contribution in [0.25, 0.3) is 55.7 Å². The smallest absolute Gasteiger partial charge is 0 e. The molecule has 1 aliphatic carbocycles. The minimum Gasteiger partial charge on any atom is 0 e. The van der Waals surface area contributed by atoms with E-state index in [1.165, 1.54) is 16.5 Å². The molecule has 1 fully saturated rings. The van der Waals surface area contributed by atoms with Crippen LogP contribution in [0.5, 0.6) is 0 Å². The van der Waals surface area contributed by atoms with Gasteiger partial charge < -0.3 is 9.40 Å². The summed E-state index contributed by atoms with van der Waals surface area (Å²) in [5.41, 5.74) is 2.18. The standard InChI is InChI=1S/C33H30N3O.C14H16GeN.Ir/c1-20-16-23(22-12-14-33(3,4)15-13-22)8-10-25(20)29-17-30(35-19-21(29)2)28-7-5-6-26-27-11-9-24(18-34)36-32(27)37-31(26)28;1-15(2,3)13-9-10-14(16-11-13)12-7-5-4-6-8-12;/h5-6,8-11,16-17,19,22H,12-15H2,1-4H3;4-7,9-11H,1-3H3;/q2*-1;/i1D3,2D3,10D,17D,22D;;. The number of fused-ring (bicyclic) bond motifs is 3. The van der Waals surface area contributed by atoms with Gasteiger partial charge in [-0.3, -0.25) is 0 Å². The third-order valence-corrected chi connectivity index (χ3v) is 14.2. The second-order valence-corrected chi connectivity index (χ2v) is 25.9. The van der Waals surface area contributed by atoms with Crippen LogP contribution in [0.4, 0.5) is 0 Å². The zero-order valence-corrected chi connectivity index (χ0v) is 35.4. The van der Waals surface area contributed by atoms with E-state index in [1.54, 1.807) is 24.3 Å². The quantitative estimate of drug-likeness (QED) is 0.127. The molecule has 0 saturated heterocycles. The number of rotatable bonds is 5. The molecule has 7 heteroatoms. The van der Waals surface area contributed by atoms with Crippen LogP contribution < -0.4 is 4.40 Å². The number of benzene rings is 3. The molecule has 54 heavy (non-hydrogen) atoms. The van der Waals surface area contributed by atoms with Gasteiger partial charge in [0.25, 0.3) is 0 Å². The minimum absolute atomic E-state index is 0. The van der Waals surface area contributed by atoms with Gasteiger partial charge in [0.15, 0.2) is 0 Å². The fourth-order valence-electron chi connectivity index (χ4n) is 6.57.